The van der Waals surface area contributed by atoms with Crippen LogP contribution in [-0.4, -0.2) is 27.6 Å². The minimum absolute atomic E-state index is 0.188. The van der Waals surface area contributed by atoms with Crippen LogP contribution >= 0.6 is 11.3 Å². The highest BCUT2D eigenvalue weighted by atomic mass is 32.1. The molecular weight excluding hydrogens is 286 g/mol. The van der Waals surface area contributed by atoms with E-state index < -0.39 is 5.97 Å². The lowest BCUT2D eigenvalue weighted by molar-refractivity contribution is 0.0698. The molecule has 0 aliphatic rings. The number of carbonyl (C=O) groups is 1. The number of aromatic nitrogens is 2. The molecule has 0 aliphatic carbocycles. The number of nitrogens with zero attached hydrogens (tertiary/aromatic N) is 2. The van der Waals surface area contributed by atoms with Crippen molar-refractivity contribution in [2.45, 2.75) is 6.42 Å². The number of anilines is 1. The average molecular weight is 299 g/mol. The van der Waals surface area contributed by atoms with Gasteiger partial charge in [-0.1, -0.05) is 18.2 Å². The van der Waals surface area contributed by atoms with Gasteiger partial charge < -0.3 is 10.4 Å². The fraction of sp³-hybridized carbons (Fsp3) is 0.133. The Kier molecular flexibility index (Phi) is 3.79. The zero-order valence-electron chi connectivity index (χ0n) is 11.1. The summed E-state index contributed by atoms with van der Waals surface area (Å²) in [4.78, 5) is 20.0. The van der Waals surface area contributed by atoms with Crippen LogP contribution in [0.2, 0.25) is 0 Å². The first kappa shape index (κ1) is 13.5. The highest BCUT2D eigenvalue weighted by Crippen LogP contribution is 2.20. The molecule has 6 heteroatoms. The van der Waals surface area contributed by atoms with Crippen LogP contribution in [0.1, 0.15) is 15.4 Å². The van der Waals surface area contributed by atoms with Gasteiger partial charge in [0, 0.05) is 29.9 Å². The van der Waals surface area contributed by atoms with Crippen molar-refractivity contribution in [3.63, 3.8) is 0 Å². The van der Waals surface area contributed by atoms with Gasteiger partial charge in [0.1, 0.15) is 11.4 Å². The minimum atomic E-state index is -0.981. The highest BCUT2D eigenvalue weighted by molar-refractivity contribution is 7.09. The monoisotopic (exact) mass is 299 g/mol. The van der Waals surface area contributed by atoms with Crippen molar-refractivity contribution in [2.75, 3.05) is 11.9 Å². The normalized spacial score (nSPS) is 10.7. The number of nitrogens with one attached hydrogen (secondary N) is 1. The first-order valence-corrected chi connectivity index (χ1v) is 7.37. The molecular formula is C15H13N3O2S. The summed E-state index contributed by atoms with van der Waals surface area (Å²) in [5, 5.41) is 16.2. The lowest BCUT2D eigenvalue weighted by Crippen LogP contribution is -2.11. The van der Waals surface area contributed by atoms with Crippen LogP contribution in [0.4, 0.5) is 5.82 Å². The van der Waals surface area contributed by atoms with Gasteiger partial charge in [0.05, 0.1) is 10.5 Å². The maximum Gasteiger partial charge on any atom is 0.339 e. The predicted molar refractivity (Wildman–Crippen MR) is 83.0 cm³/mol. The molecule has 0 atom stereocenters. The van der Waals surface area contributed by atoms with Crippen molar-refractivity contribution in [3.8, 4) is 0 Å². The van der Waals surface area contributed by atoms with Crippen molar-refractivity contribution in [3.05, 3.63) is 52.5 Å². The van der Waals surface area contributed by atoms with Gasteiger partial charge in [-0.25, -0.2) is 14.8 Å². The third-order valence-corrected chi connectivity index (χ3v) is 3.91. The molecule has 3 rings (SSSR count). The molecule has 5 nitrogen and oxygen atoms in total. The van der Waals surface area contributed by atoms with Gasteiger partial charge in [-0.05, 0) is 12.1 Å². The van der Waals surface area contributed by atoms with E-state index in [2.05, 4.69) is 15.3 Å². The van der Waals surface area contributed by atoms with Crippen LogP contribution < -0.4 is 5.32 Å². The van der Waals surface area contributed by atoms with E-state index in [1.54, 1.807) is 23.6 Å². The second kappa shape index (κ2) is 5.88. The van der Waals surface area contributed by atoms with Crippen LogP contribution in [0.15, 0.2) is 41.9 Å². The standard InChI is InChI=1S/C15H13N3O2S/c19-15(20)11-9-10-3-1-2-4-12(10)18-14(11)17-6-5-13-16-7-8-21-13/h1-4,7-9H,5-6H2,(H,17,18)(H,19,20). The lowest BCUT2D eigenvalue weighted by atomic mass is 10.1. The largest absolute Gasteiger partial charge is 0.478 e. The fourth-order valence-corrected chi connectivity index (χ4v) is 2.70. The van der Waals surface area contributed by atoms with E-state index in [9.17, 15) is 9.90 Å². The van der Waals surface area contributed by atoms with Crippen LogP contribution in [0, 0.1) is 0 Å². The minimum Gasteiger partial charge on any atom is -0.478 e. The van der Waals surface area contributed by atoms with Crippen LogP contribution in [0.25, 0.3) is 10.9 Å². The van der Waals surface area contributed by atoms with Gasteiger partial charge in [-0.3, -0.25) is 0 Å². The molecule has 0 amide bonds. The summed E-state index contributed by atoms with van der Waals surface area (Å²) in [7, 11) is 0. The molecule has 106 valence electrons. The van der Waals surface area contributed by atoms with Crippen LogP contribution in [0.3, 0.4) is 0 Å². The summed E-state index contributed by atoms with van der Waals surface area (Å²) in [5.41, 5.74) is 0.965. The maximum atomic E-state index is 11.4. The molecule has 21 heavy (non-hydrogen) atoms. The smallest absolute Gasteiger partial charge is 0.339 e. The third kappa shape index (κ3) is 3.00. The van der Waals surface area contributed by atoms with E-state index in [0.717, 1.165) is 22.3 Å². The van der Waals surface area contributed by atoms with E-state index >= 15 is 0 Å². The first-order valence-electron chi connectivity index (χ1n) is 6.49. The second-order valence-corrected chi connectivity index (χ2v) is 5.46. The van der Waals surface area contributed by atoms with Gasteiger partial charge in [0.25, 0.3) is 0 Å². The number of hydrogen-bond donors (Lipinski definition) is 2. The highest BCUT2D eigenvalue weighted by Gasteiger charge is 2.13. The number of carboxylic acid groups (broad SMARTS) is 1. The Morgan fingerprint density at radius 1 is 1.33 bits per heavy atom. The number of hydrogen-bond acceptors (Lipinski definition) is 5. The Bertz CT molecular complexity index is 772. The van der Waals surface area contributed by atoms with Gasteiger partial charge in [-0.15, -0.1) is 11.3 Å². The third-order valence-electron chi connectivity index (χ3n) is 3.07. The molecule has 2 N–H and O–H groups in total. The average Bonchev–Trinajstić information content (AvgIpc) is 2.99. The molecule has 0 radical (unpaired) electrons. The number of thiazole rings is 1. The number of rotatable bonds is 5. The number of pyridine rings is 1. The molecule has 3 aromatic rings. The zero-order valence-corrected chi connectivity index (χ0v) is 11.9. The summed E-state index contributed by atoms with van der Waals surface area (Å²) in [6.45, 7) is 0.596. The summed E-state index contributed by atoms with van der Waals surface area (Å²) >= 11 is 1.58. The second-order valence-electron chi connectivity index (χ2n) is 4.49. The molecule has 0 saturated heterocycles. The van der Waals surface area contributed by atoms with E-state index in [1.807, 2.05) is 29.6 Å². The molecule has 2 aromatic heterocycles. The van der Waals surface area contributed by atoms with Crippen molar-refractivity contribution in [1.82, 2.24) is 9.97 Å². The van der Waals surface area contributed by atoms with E-state index in [0.29, 0.717) is 12.4 Å². The Morgan fingerprint density at radius 2 is 2.19 bits per heavy atom. The Hall–Kier alpha value is -2.47. The summed E-state index contributed by atoms with van der Waals surface area (Å²) in [5.74, 6) is -0.581. The van der Waals surface area contributed by atoms with Crippen molar-refractivity contribution in [2.24, 2.45) is 0 Å². The van der Waals surface area contributed by atoms with Crippen molar-refractivity contribution >= 4 is 34.0 Å². The van der Waals surface area contributed by atoms with Crippen molar-refractivity contribution < 1.29 is 9.90 Å². The molecule has 0 fully saturated rings. The summed E-state index contributed by atoms with van der Waals surface area (Å²) < 4.78 is 0. The number of aromatic carboxylic acids is 1. The SMILES string of the molecule is O=C(O)c1cc2ccccc2nc1NCCc1nccs1. The summed E-state index contributed by atoms with van der Waals surface area (Å²) in [6.07, 6.45) is 2.50. The number of benzene rings is 1. The Morgan fingerprint density at radius 3 is 2.95 bits per heavy atom. The van der Waals surface area contributed by atoms with E-state index in [1.165, 1.54) is 0 Å². The van der Waals surface area contributed by atoms with E-state index in [4.69, 9.17) is 0 Å². The maximum absolute atomic E-state index is 11.4. The molecule has 0 saturated carbocycles. The Balaban J connectivity index is 1.85. The quantitative estimate of drug-likeness (QED) is 0.757. The van der Waals surface area contributed by atoms with Crippen LogP contribution in [-0.2, 0) is 6.42 Å². The first-order chi connectivity index (χ1) is 10.2. The molecule has 0 unspecified atom stereocenters. The van der Waals surface area contributed by atoms with Gasteiger partial charge >= 0.3 is 5.97 Å². The Labute approximate surface area is 125 Å². The predicted octanol–water partition coefficient (Wildman–Crippen LogP) is 3.04. The van der Waals surface area contributed by atoms with Crippen LogP contribution in [0.5, 0.6) is 0 Å². The molecule has 0 spiro atoms. The zero-order chi connectivity index (χ0) is 14.7. The topological polar surface area (TPSA) is 75.1 Å². The summed E-state index contributed by atoms with van der Waals surface area (Å²) in [6, 6.07) is 9.12. The molecule has 2 heterocycles. The lowest BCUT2D eigenvalue weighted by Gasteiger charge is -2.09. The van der Waals surface area contributed by atoms with Gasteiger partial charge in [0.2, 0.25) is 0 Å². The fourth-order valence-electron chi connectivity index (χ4n) is 2.08. The van der Waals surface area contributed by atoms with Gasteiger partial charge in [0.15, 0.2) is 0 Å². The molecule has 0 aliphatic heterocycles. The number of fused-ring (bicyclic) bond motifs is 1. The number of carboxylic acids is 1. The van der Waals surface area contributed by atoms with E-state index in [-0.39, 0.29) is 5.56 Å². The van der Waals surface area contributed by atoms with Crippen molar-refractivity contribution in [1.29, 1.82) is 0 Å². The molecule has 0 bridgehead atoms. The number of para-hydroxylation sites is 1. The van der Waals surface area contributed by atoms with Gasteiger partial charge in [-0.2, -0.15) is 0 Å². The molecule has 1 aromatic carbocycles.